The molecule has 0 spiro atoms. The van der Waals surface area contributed by atoms with Crippen LogP contribution in [-0.4, -0.2) is 42.5 Å². The number of methoxy groups -OCH3 is 2. The van der Waals surface area contributed by atoms with Gasteiger partial charge in [-0.05, 0) is 24.6 Å². The third kappa shape index (κ3) is 4.26. The Balaban J connectivity index is 2.19. The Kier molecular flexibility index (Phi) is 6.95. The summed E-state index contributed by atoms with van der Waals surface area (Å²) in [6.45, 7) is 2.31. The predicted octanol–water partition coefficient (Wildman–Crippen LogP) is 4.45. The van der Waals surface area contributed by atoms with Gasteiger partial charge in [-0.1, -0.05) is 38.0 Å². The number of ether oxygens (including phenoxy) is 2. The van der Waals surface area contributed by atoms with Gasteiger partial charge in [0.1, 0.15) is 23.1 Å². The van der Waals surface area contributed by atoms with E-state index >= 15 is 0 Å². The van der Waals surface area contributed by atoms with Gasteiger partial charge in [0.2, 0.25) is 0 Å². The molecule has 0 bridgehead atoms. The van der Waals surface area contributed by atoms with Crippen molar-refractivity contribution in [3.8, 4) is 11.5 Å². The van der Waals surface area contributed by atoms with Crippen LogP contribution in [0.4, 0.5) is 4.39 Å². The zero-order valence-corrected chi connectivity index (χ0v) is 17.9. The van der Waals surface area contributed by atoms with Crippen LogP contribution in [0.2, 0.25) is 0 Å². The molecule has 1 heterocycles. The second-order valence-corrected chi connectivity index (χ2v) is 7.29. The van der Waals surface area contributed by atoms with Crippen molar-refractivity contribution in [2.24, 2.45) is 0 Å². The monoisotopic (exact) mass is 427 g/mol. The summed E-state index contributed by atoms with van der Waals surface area (Å²) in [6, 6.07) is 9.65. The first kappa shape index (κ1) is 22.3. The van der Waals surface area contributed by atoms with Crippen molar-refractivity contribution in [1.82, 2.24) is 4.90 Å². The third-order valence-corrected chi connectivity index (χ3v) is 5.41. The SMILES string of the molecule is CCCCCN1C(=O)C(=O)/C(=C(/O)c2ccc(OC)cc2OC)C1c1ccccc1F. The van der Waals surface area contributed by atoms with Crippen molar-refractivity contribution in [1.29, 1.82) is 0 Å². The van der Waals surface area contributed by atoms with Gasteiger partial charge in [0, 0.05) is 18.2 Å². The van der Waals surface area contributed by atoms with Gasteiger partial charge < -0.3 is 19.5 Å². The van der Waals surface area contributed by atoms with E-state index in [0.717, 1.165) is 12.8 Å². The number of amides is 1. The van der Waals surface area contributed by atoms with Crippen LogP contribution in [0.1, 0.15) is 43.4 Å². The minimum absolute atomic E-state index is 0.157. The van der Waals surface area contributed by atoms with E-state index in [4.69, 9.17) is 9.47 Å². The molecule has 0 saturated carbocycles. The van der Waals surface area contributed by atoms with Crippen molar-refractivity contribution < 1.29 is 28.6 Å². The summed E-state index contributed by atoms with van der Waals surface area (Å²) >= 11 is 0. The molecule has 1 saturated heterocycles. The van der Waals surface area contributed by atoms with Crippen LogP contribution in [-0.2, 0) is 9.59 Å². The number of hydrogen-bond acceptors (Lipinski definition) is 5. The Labute approximate surface area is 180 Å². The first-order valence-corrected chi connectivity index (χ1v) is 10.2. The number of hydrogen-bond donors (Lipinski definition) is 1. The lowest BCUT2D eigenvalue weighted by Gasteiger charge is -2.25. The number of Topliss-reactive ketones (excluding diaryl/α,β-unsaturated/α-hetero) is 1. The minimum atomic E-state index is -1.02. The number of halogens is 1. The molecule has 1 N–H and O–H groups in total. The average Bonchev–Trinajstić information content (AvgIpc) is 3.03. The summed E-state index contributed by atoms with van der Waals surface area (Å²) in [5.74, 6) is -1.80. The molecule has 31 heavy (non-hydrogen) atoms. The summed E-state index contributed by atoms with van der Waals surface area (Å²) in [6.07, 6.45) is 2.46. The fourth-order valence-corrected chi connectivity index (χ4v) is 3.80. The van der Waals surface area contributed by atoms with Crippen molar-refractivity contribution in [2.75, 3.05) is 20.8 Å². The van der Waals surface area contributed by atoms with Gasteiger partial charge in [-0.25, -0.2) is 4.39 Å². The highest BCUT2D eigenvalue weighted by molar-refractivity contribution is 6.46. The lowest BCUT2D eigenvalue weighted by atomic mass is 9.94. The molecule has 1 aliphatic heterocycles. The number of carbonyl (C=O) groups excluding carboxylic acids is 2. The van der Waals surface area contributed by atoms with E-state index in [9.17, 15) is 19.1 Å². The Morgan fingerprint density at radius 1 is 1.10 bits per heavy atom. The first-order valence-electron chi connectivity index (χ1n) is 10.2. The summed E-state index contributed by atoms with van der Waals surface area (Å²) in [4.78, 5) is 27.2. The molecule has 3 rings (SSSR count). The molecule has 2 aromatic rings. The van der Waals surface area contributed by atoms with Gasteiger partial charge in [-0.15, -0.1) is 0 Å². The smallest absolute Gasteiger partial charge is 0.295 e. The highest BCUT2D eigenvalue weighted by Gasteiger charge is 2.46. The maximum absolute atomic E-state index is 14.7. The Morgan fingerprint density at radius 3 is 2.48 bits per heavy atom. The highest BCUT2D eigenvalue weighted by Crippen LogP contribution is 2.42. The molecule has 7 heteroatoms. The number of rotatable bonds is 8. The number of aliphatic hydroxyl groups excluding tert-OH is 1. The number of aliphatic hydroxyl groups is 1. The van der Waals surface area contributed by atoms with Crippen molar-refractivity contribution >= 4 is 17.4 Å². The van der Waals surface area contributed by atoms with E-state index in [1.807, 2.05) is 6.92 Å². The zero-order valence-electron chi connectivity index (χ0n) is 17.9. The van der Waals surface area contributed by atoms with E-state index < -0.39 is 29.3 Å². The normalized spacial score (nSPS) is 17.8. The molecule has 0 aliphatic carbocycles. The maximum atomic E-state index is 14.7. The quantitative estimate of drug-likeness (QED) is 0.291. The summed E-state index contributed by atoms with van der Waals surface area (Å²) in [5.41, 5.74) is 0.221. The van der Waals surface area contributed by atoms with E-state index in [0.29, 0.717) is 12.2 Å². The summed E-state index contributed by atoms with van der Waals surface area (Å²) in [5, 5.41) is 11.1. The third-order valence-electron chi connectivity index (χ3n) is 5.41. The fourth-order valence-electron chi connectivity index (χ4n) is 3.80. The van der Waals surface area contributed by atoms with E-state index in [1.165, 1.54) is 43.4 Å². The zero-order chi connectivity index (χ0) is 22.5. The molecule has 164 valence electrons. The number of likely N-dealkylation sites (tertiary alicyclic amines) is 1. The molecular weight excluding hydrogens is 401 g/mol. The number of nitrogens with zero attached hydrogens (tertiary/aromatic N) is 1. The number of unbranched alkanes of at least 4 members (excludes halogenated alkanes) is 2. The lowest BCUT2D eigenvalue weighted by molar-refractivity contribution is -0.139. The van der Waals surface area contributed by atoms with Gasteiger partial charge in [-0.3, -0.25) is 9.59 Å². The first-order chi connectivity index (χ1) is 14.9. The average molecular weight is 427 g/mol. The van der Waals surface area contributed by atoms with Gasteiger partial charge in [0.05, 0.1) is 31.4 Å². The van der Waals surface area contributed by atoms with Crippen LogP contribution < -0.4 is 9.47 Å². The second kappa shape index (κ2) is 9.64. The van der Waals surface area contributed by atoms with Crippen LogP contribution >= 0.6 is 0 Å². The fraction of sp³-hybridized carbons (Fsp3) is 0.333. The molecule has 6 nitrogen and oxygen atoms in total. The minimum Gasteiger partial charge on any atom is -0.507 e. The van der Waals surface area contributed by atoms with Gasteiger partial charge >= 0.3 is 0 Å². The second-order valence-electron chi connectivity index (χ2n) is 7.29. The molecule has 1 fully saturated rings. The predicted molar refractivity (Wildman–Crippen MR) is 114 cm³/mol. The van der Waals surface area contributed by atoms with Crippen molar-refractivity contribution in [3.63, 3.8) is 0 Å². The molecule has 1 atom stereocenters. The number of benzene rings is 2. The maximum Gasteiger partial charge on any atom is 0.295 e. The van der Waals surface area contributed by atoms with Gasteiger partial charge in [-0.2, -0.15) is 0 Å². The highest BCUT2D eigenvalue weighted by atomic mass is 19.1. The Morgan fingerprint density at radius 2 is 1.84 bits per heavy atom. The van der Waals surface area contributed by atoms with E-state index in [-0.39, 0.29) is 29.0 Å². The number of carbonyl (C=O) groups is 2. The number of ketones is 1. The van der Waals surface area contributed by atoms with E-state index in [1.54, 1.807) is 18.2 Å². The van der Waals surface area contributed by atoms with Crippen molar-refractivity contribution in [3.05, 3.63) is 65.0 Å². The van der Waals surface area contributed by atoms with Gasteiger partial charge in [0.25, 0.3) is 11.7 Å². The van der Waals surface area contributed by atoms with Crippen LogP contribution in [0.5, 0.6) is 11.5 Å². The topological polar surface area (TPSA) is 76.1 Å². The Bertz CT molecular complexity index is 1020. The van der Waals surface area contributed by atoms with Crippen molar-refractivity contribution in [2.45, 2.75) is 32.2 Å². The largest absolute Gasteiger partial charge is 0.507 e. The molecule has 1 unspecified atom stereocenters. The van der Waals surface area contributed by atoms with Crippen LogP contribution in [0.15, 0.2) is 48.0 Å². The van der Waals surface area contributed by atoms with Gasteiger partial charge in [0.15, 0.2) is 0 Å². The summed E-state index contributed by atoms with van der Waals surface area (Å²) in [7, 11) is 2.91. The molecule has 0 aromatic heterocycles. The molecule has 1 amide bonds. The molecule has 2 aromatic carbocycles. The molecule has 1 aliphatic rings. The van der Waals surface area contributed by atoms with E-state index in [2.05, 4.69) is 0 Å². The van der Waals surface area contributed by atoms with Crippen LogP contribution in [0.3, 0.4) is 0 Å². The Hall–Kier alpha value is -3.35. The molecular formula is C24H26FNO5. The van der Waals surface area contributed by atoms with Crippen LogP contribution in [0.25, 0.3) is 5.76 Å². The van der Waals surface area contributed by atoms with Crippen LogP contribution in [0, 0.1) is 5.82 Å². The standard InChI is InChI=1S/C24H26FNO5/c1-4-5-8-13-26-21(16-9-6-7-10-18(16)25)20(23(28)24(26)29)22(27)17-12-11-15(30-2)14-19(17)31-3/h6-7,9-12,14,21,27H,4-5,8,13H2,1-3H3/b22-20+. The lowest BCUT2D eigenvalue weighted by Crippen LogP contribution is -2.31. The molecule has 0 radical (unpaired) electrons. The summed E-state index contributed by atoms with van der Waals surface area (Å²) < 4.78 is 25.3.